The lowest BCUT2D eigenvalue weighted by molar-refractivity contribution is 0.171. The monoisotopic (exact) mass is 305 g/mol. The highest BCUT2D eigenvalue weighted by molar-refractivity contribution is 6.30. The molecule has 4 atom stereocenters. The first-order valence-electron chi connectivity index (χ1n) is 8.41. The molecule has 1 aromatic carbocycles. The minimum atomic E-state index is 0.274. The van der Waals surface area contributed by atoms with Crippen molar-refractivity contribution in [3.8, 4) is 0 Å². The van der Waals surface area contributed by atoms with Gasteiger partial charge in [0.1, 0.15) is 0 Å². The quantitative estimate of drug-likeness (QED) is 0.773. The van der Waals surface area contributed by atoms with E-state index in [1.807, 2.05) is 6.07 Å². The van der Waals surface area contributed by atoms with Crippen molar-refractivity contribution in [3.63, 3.8) is 0 Å². The summed E-state index contributed by atoms with van der Waals surface area (Å²) in [5, 5.41) is 4.87. The summed E-state index contributed by atoms with van der Waals surface area (Å²) in [5.74, 6) is 1.66. The summed E-state index contributed by atoms with van der Waals surface area (Å²) in [6.45, 7) is 9.57. The summed E-state index contributed by atoms with van der Waals surface area (Å²) in [6.07, 6.45) is 5.17. The zero-order valence-electron chi connectivity index (χ0n) is 13.7. The predicted octanol–water partition coefficient (Wildman–Crippen LogP) is 5.38. The molecule has 1 nitrogen and oxygen atoms in total. The largest absolute Gasteiger partial charge is 0.306 e. The fourth-order valence-electron chi connectivity index (χ4n) is 4.45. The van der Waals surface area contributed by atoms with Crippen molar-refractivity contribution >= 4 is 11.6 Å². The number of hydrogen-bond acceptors (Lipinski definition) is 1. The van der Waals surface area contributed by atoms with E-state index in [1.165, 1.54) is 30.4 Å². The van der Waals surface area contributed by atoms with Crippen molar-refractivity contribution in [3.05, 3.63) is 34.3 Å². The van der Waals surface area contributed by atoms with Gasteiger partial charge in [-0.25, -0.2) is 0 Å². The van der Waals surface area contributed by atoms with Crippen LogP contribution < -0.4 is 5.32 Å². The summed E-state index contributed by atoms with van der Waals surface area (Å²) in [7, 11) is 0. The van der Waals surface area contributed by atoms with E-state index in [1.54, 1.807) is 0 Å². The van der Waals surface area contributed by atoms with Gasteiger partial charge in [0.15, 0.2) is 0 Å². The molecule has 1 fully saturated rings. The number of halogens is 1. The van der Waals surface area contributed by atoms with Crippen molar-refractivity contribution in [2.45, 2.75) is 65.5 Å². The number of fused-ring (bicyclic) bond motifs is 1. The van der Waals surface area contributed by atoms with Crippen LogP contribution in [0.2, 0.25) is 5.02 Å². The number of hydrogen-bond donors (Lipinski definition) is 1. The summed E-state index contributed by atoms with van der Waals surface area (Å²) in [4.78, 5) is 0. The molecule has 0 spiro atoms. The molecule has 0 aromatic heterocycles. The molecule has 0 saturated heterocycles. The summed E-state index contributed by atoms with van der Waals surface area (Å²) >= 11 is 6.24. The fraction of sp³-hybridized carbons (Fsp3) is 0.684. The van der Waals surface area contributed by atoms with Gasteiger partial charge >= 0.3 is 0 Å². The van der Waals surface area contributed by atoms with Crippen LogP contribution in [0.3, 0.4) is 0 Å². The molecular weight excluding hydrogens is 278 g/mol. The van der Waals surface area contributed by atoms with E-state index in [0.29, 0.717) is 12.1 Å². The second kappa shape index (κ2) is 5.59. The van der Waals surface area contributed by atoms with Crippen LogP contribution in [0.5, 0.6) is 0 Å². The highest BCUT2D eigenvalue weighted by atomic mass is 35.5. The lowest BCUT2D eigenvalue weighted by atomic mass is 9.78. The topological polar surface area (TPSA) is 12.0 Å². The van der Waals surface area contributed by atoms with Crippen molar-refractivity contribution in [2.75, 3.05) is 0 Å². The Balaban J connectivity index is 1.83. The van der Waals surface area contributed by atoms with Crippen LogP contribution in [0.4, 0.5) is 0 Å². The molecule has 0 amide bonds. The molecule has 1 aromatic rings. The van der Waals surface area contributed by atoms with Crippen LogP contribution in [-0.4, -0.2) is 6.04 Å². The van der Waals surface area contributed by atoms with Crippen LogP contribution in [0, 0.1) is 17.3 Å². The SMILES string of the molecule is CC1CCC(NC2c3cc(Cl)ccc3CC2(C)C)C(C)C1. The maximum Gasteiger partial charge on any atom is 0.0409 e. The third-order valence-electron chi connectivity index (χ3n) is 5.66. The van der Waals surface area contributed by atoms with E-state index in [4.69, 9.17) is 11.6 Å². The van der Waals surface area contributed by atoms with Crippen molar-refractivity contribution < 1.29 is 0 Å². The van der Waals surface area contributed by atoms with Crippen molar-refractivity contribution in [1.29, 1.82) is 0 Å². The third kappa shape index (κ3) is 3.00. The summed E-state index contributed by atoms with van der Waals surface area (Å²) in [5.41, 5.74) is 3.17. The number of benzene rings is 1. The van der Waals surface area contributed by atoms with E-state index >= 15 is 0 Å². The Labute approximate surface area is 134 Å². The lowest BCUT2D eigenvalue weighted by Crippen LogP contribution is -2.44. The van der Waals surface area contributed by atoms with Crippen LogP contribution in [-0.2, 0) is 6.42 Å². The Bertz CT molecular complexity index is 522. The van der Waals surface area contributed by atoms with Gasteiger partial charge in [-0.3, -0.25) is 0 Å². The predicted molar refractivity (Wildman–Crippen MR) is 90.8 cm³/mol. The summed E-state index contributed by atoms with van der Waals surface area (Å²) < 4.78 is 0. The van der Waals surface area contributed by atoms with Gasteiger partial charge in [0, 0.05) is 17.1 Å². The molecule has 2 aliphatic rings. The molecule has 116 valence electrons. The highest BCUT2D eigenvalue weighted by Crippen LogP contribution is 2.47. The zero-order valence-corrected chi connectivity index (χ0v) is 14.5. The molecular formula is C19H28ClN. The van der Waals surface area contributed by atoms with Gasteiger partial charge in [0.2, 0.25) is 0 Å². The van der Waals surface area contributed by atoms with Crippen LogP contribution in [0.1, 0.15) is 64.1 Å². The van der Waals surface area contributed by atoms with Gasteiger partial charge in [0.25, 0.3) is 0 Å². The minimum Gasteiger partial charge on any atom is -0.306 e. The van der Waals surface area contributed by atoms with Gasteiger partial charge in [-0.15, -0.1) is 0 Å². The standard InChI is InChI=1S/C19H28ClN/c1-12-5-8-17(13(2)9-12)21-18-16-10-15(20)7-6-14(16)11-19(18,3)4/h6-7,10,12-13,17-18,21H,5,8-9,11H2,1-4H3. The fourth-order valence-corrected chi connectivity index (χ4v) is 4.63. The molecule has 2 heteroatoms. The number of rotatable bonds is 2. The summed E-state index contributed by atoms with van der Waals surface area (Å²) in [6, 6.07) is 7.51. The Morgan fingerprint density at radius 2 is 1.95 bits per heavy atom. The van der Waals surface area contributed by atoms with Gasteiger partial charge in [-0.1, -0.05) is 45.4 Å². The highest BCUT2D eigenvalue weighted by Gasteiger charge is 2.41. The van der Waals surface area contributed by atoms with Gasteiger partial charge < -0.3 is 5.32 Å². The van der Waals surface area contributed by atoms with E-state index < -0.39 is 0 Å². The number of nitrogens with one attached hydrogen (secondary N) is 1. The minimum absolute atomic E-state index is 0.274. The average Bonchev–Trinajstić information content (AvgIpc) is 2.63. The smallest absolute Gasteiger partial charge is 0.0409 e. The molecule has 0 bridgehead atoms. The molecule has 1 saturated carbocycles. The first-order valence-corrected chi connectivity index (χ1v) is 8.79. The van der Waals surface area contributed by atoms with Gasteiger partial charge in [0.05, 0.1) is 0 Å². The molecule has 1 N–H and O–H groups in total. The Kier molecular flexibility index (Phi) is 4.09. The average molecular weight is 306 g/mol. The zero-order chi connectivity index (χ0) is 15.2. The maximum absolute atomic E-state index is 6.24. The molecule has 4 unspecified atom stereocenters. The first-order chi connectivity index (χ1) is 9.87. The second-order valence-corrected chi connectivity index (χ2v) is 8.55. The Morgan fingerprint density at radius 1 is 1.19 bits per heavy atom. The second-order valence-electron chi connectivity index (χ2n) is 8.11. The van der Waals surface area contributed by atoms with Crippen LogP contribution in [0.15, 0.2) is 18.2 Å². The molecule has 0 aliphatic heterocycles. The van der Waals surface area contributed by atoms with Crippen LogP contribution >= 0.6 is 11.6 Å². The van der Waals surface area contributed by atoms with Gasteiger partial charge in [-0.05, 0) is 66.2 Å². The molecule has 21 heavy (non-hydrogen) atoms. The van der Waals surface area contributed by atoms with Crippen molar-refractivity contribution in [1.82, 2.24) is 5.32 Å². The van der Waals surface area contributed by atoms with Gasteiger partial charge in [-0.2, -0.15) is 0 Å². The first kappa shape index (κ1) is 15.4. The molecule has 3 rings (SSSR count). The van der Waals surface area contributed by atoms with E-state index in [2.05, 4.69) is 45.1 Å². The van der Waals surface area contributed by atoms with E-state index in [0.717, 1.165) is 23.3 Å². The normalized spacial score (nSPS) is 34.7. The maximum atomic E-state index is 6.24. The van der Waals surface area contributed by atoms with E-state index in [-0.39, 0.29) is 5.41 Å². The third-order valence-corrected chi connectivity index (χ3v) is 5.89. The Hall–Kier alpha value is -0.530. The van der Waals surface area contributed by atoms with E-state index in [9.17, 15) is 0 Å². The lowest BCUT2D eigenvalue weighted by Gasteiger charge is -2.39. The Morgan fingerprint density at radius 3 is 2.67 bits per heavy atom. The van der Waals surface area contributed by atoms with Crippen molar-refractivity contribution in [2.24, 2.45) is 17.3 Å². The van der Waals surface area contributed by atoms with Crippen LogP contribution in [0.25, 0.3) is 0 Å². The molecule has 0 heterocycles. The molecule has 2 aliphatic carbocycles. The molecule has 0 radical (unpaired) electrons.